The van der Waals surface area contributed by atoms with E-state index in [2.05, 4.69) is 31.0 Å². The minimum absolute atomic E-state index is 0.0711. The zero-order valence-electron chi connectivity index (χ0n) is 11.4. The summed E-state index contributed by atoms with van der Waals surface area (Å²) in [5.41, 5.74) is 0. The molecular weight excluding hydrogens is 212 g/mol. The first-order chi connectivity index (χ1) is 8.09. The number of piperidine rings is 2. The van der Waals surface area contributed by atoms with Crippen LogP contribution in [0.15, 0.2) is 0 Å². The first-order valence-corrected chi connectivity index (χ1v) is 7.15. The molecule has 0 saturated carbocycles. The quantitative estimate of drug-likeness (QED) is 0.759. The van der Waals surface area contributed by atoms with Gasteiger partial charge in [0, 0.05) is 12.1 Å². The van der Waals surface area contributed by atoms with E-state index in [1.54, 1.807) is 0 Å². The number of carbonyl (C=O) groups is 1. The van der Waals surface area contributed by atoms with Gasteiger partial charge in [0.05, 0.1) is 6.04 Å². The molecule has 98 valence electrons. The predicted octanol–water partition coefficient (Wildman–Crippen LogP) is 2.16. The van der Waals surface area contributed by atoms with E-state index in [1.165, 1.54) is 25.7 Å². The maximum absolute atomic E-state index is 12.6. The number of hydrogen-bond donors (Lipinski definition) is 1. The number of nitrogens with one attached hydrogen (secondary N) is 1. The fourth-order valence-corrected chi connectivity index (χ4v) is 3.33. The van der Waals surface area contributed by atoms with Gasteiger partial charge in [0.1, 0.15) is 0 Å². The van der Waals surface area contributed by atoms with Crippen LogP contribution in [0.25, 0.3) is 0 Å². The Balaban J connectivity index is 2.02. The third-order valence-corrected chi connectivity index (χ3v) is 4.41. The SMILES string of the molecule is CC1CCNC(C(=O)N2[C@H](C)CCC[C@@H]2C)C1. The van der Waals surface area contributed by atoms with Crippen LogP contribution in [0.3, 0.4) is 0 Å². The Kier molecular flexibility index (Phi) is 4.08. The molecular formula is C14H26N2O. The highest BCUT2D eigenvalue weighted by Crippen LogP contribution is 2.25. The highest BCUT2D eigenvalue weighted by Gasteiger charge is 2.34. The summed E-state index contributed by atoms with van der Waals surface area (Å²) in [4.78, 5) is 14.7. The summed E-state index contributed by atoms with van der Waals surface area (Å²) in [6.07, 6.45) is 5.81. The molecule has 0 bridgehead atoms. The predicted molar refractivity (Wildman–Crippen MR) is 69.8 cm³/mol. The van der Waals surface area contributed by atoms with E-state index < -0.39 is 0 Å². The molecule has 0 aromatic carbocycles. The molecule has 0 aliphatic carbocycles. The highest BCUT2D eigenvalue weighted by atomic mass is 16.2. The van der Waals surface area contributed by atoms with Crippen molar-refractivity contribution < 1.29 is 4.79 Å². The molecule has 0 spiro atoms. The van der Waals surface area contributed by atoms with E-state index in [0.717, 1.165) is 13.0 Å². The summed E-state index contributed by atoms with van der Waals surface area (Å²) in [6, 6.07) is 0.914. The highest BCUT2D eigenvalue weighted by molar-refractivity contribution is 5.82. The Morgan fingerprint density at radius 3 is 2.35 bits per heavy atom. The van der Waals surface area contributed by atoms with Crippen LogP contribution in [-0.4, -0.2) is 35.5 Å². The van der Waals surface area contributed by atoms with Crippen LogP contribution in [0.4, 0.5) is 0 Å². The Bertz CT molecular complexity index is 269. The molecule has 0 aromatic heterocycles. The molecule has 2 unspecified atom stereocenters. The third-order valence-electron chi connectivity index (χ3n) is 4.41. The lowest BCUT2D eigenvalue weighted by Gasteiger charge is -2.42. The Labute approximate surface area is 105 Å². The molecule has 2 saturated heterocycles. The van der Waals surface area contributed by atoms with Crippen LogP contribution in [0.5, 0.6) is 0 Å². The van der Waals surface area contributed by atoms with Crippen molar-refractivity contribution in [3.63, 3.8) is 0 Å². The van der Waals surface area contributed by atoms with Gasteiger partial charge in [0.25, 0.3) is 0 Å². The van der Waals surface area contributed by atoms with Gasteiger partial charge in [0.2, 0.25) is 5.91 Å². The maximum atomic E-state index is 12.6. The molecule has 1 amide bonds. The summed E-state index contributed by atoms with van der Waals surface area (Å²) in [5.74, 6) is 1.02. The van der Waals surface area contributed by atoms with E-state index in [0.29, 0.717) is 23.9 Å². The molecule has 4 atom stereocenters. The number of likely N-dealkylation sites (tertiary alicyclic amines) is 1. The van der Waals surface area contributed by atoms with Crippen molar-refractivity contribution >= 4 is 5.91 Å². The Morgan fingerprint density at radius 2 is 1.76 bits per heavy atom. The van der Waals surface area contributed by atoms with Crippen molar-refractivity contribution in [2.75, 3.05) is 6.54 Å². The summed E-state index contributed by atoms with van der Waals surface area (Å²) in [7, 11) is 0. The molecule has 2 rings (SSSR count). The second kappa shape index (κ2) is 5.38. The molecule has 2 heterocycles. The van der Waals surface area contributed by atoms with Crippen LogP contribution in [0, 0.1) is 5.92 Å². The van der Waals surface area contributed by atoms with Crippen molar-refractivity contribution in [3.05, 3.63) is 0 Å². The molecule has 0 radical (unpaired) electrons. The average Bonchev–Trinajstić information content (AvgIpc) is 2.28. The lowest BCUT2D eigenvalue weighted by Crippen LogP contribution is -2.56. The minimum Gasteiger partial charge on any atom is -0.336 e. The smallest absolute Gasteiger partial charge is 0.240 e. The van der Waals surface area contributed by atoms with Gasteiger partial charge in [0.15, 0.2) is 0 Å². The van der Waals surface area contributed by atoms with E-state index in [4.69, 9.17) is 0 Å². The van der Waals surface area contributed by atoms with Crippen LogP contribution in [0.2, 0.25) is 0 Å². The van der Waals surface area contributed by atoms with Gasteiger partial charge in [-0.25, -0.2) is 0 Å². The van der Waals surface area contributed by atoms with Crippen LogP contribution >= 0.6 is 0 Å². The van der Waals surface area contributed by atoms with E-state index in [9.17, 15) is 4.79 Å². The molecule has 2 aliphatic rings. The topological polar surface area (TPSA) is 32.3 Å². The van der Waals surface area contributed by atoms with Crippen LogP contribution < -0.4 is 5.32 Å². The van der Waals surface area contributed by atoms with Crippen LogP contribution in [-0.2, 0) is 4.79 Å². The van der Waals surface area contributed by atoms with Gasteiger partial charge >= 0.3 is 0 Å². The van der Waals surface area contributed by atoms with Crippen molar-refractivity contribution in [3.8, 4) is 0 Å². The molecule has 3 heteroatoms. The van der Waals surface area contributed by atoms with Gasteiger partial charge < -0.3 is 10.2 Å². The minimum atomic E-state index is 0.0711. The fraction of sp³-hybridized carbons (Fsp3) is 0.929. The van der Waals surface area contributed by atoms with Crippen molar-refractivity contribution in [2.45, 2.75) is 71.0 Å². The standard InChI is InChI=1S/C14H26N2O/c1-10-7-8-15-13(9-10)14(17)16-11(2)5-4-6-12(16)3/h10-13,15H,4-9H2,1-3H3/t10?,11-,12+,13?. The number of hydrogen-bond acceptors (Lipinski definition) is 2. The molecule has 1 N–H and O–H groups in total. The second-order valence-corrected chi connectivity index (χ2v) is 6.01. The van der Waals surface area contributed by atoms with Gasteiger partial charge in [-0.05, 0) is 58.4 Å². The van der Waals surface area contributed by atoms with Crippen molar-refractivity contribution in [1.82, 2.24) is 10.2 Å². The number of carbonyl (C=O) groups excluding carboxylic acids is 1. The summed E-state index contributed by atoms with van der Waals surface area (Å²) < 4.78 is 0. The lowest BCUT2D eigenvalue weighted by molar-refractivity contribution is -0.140. The van der Waals surface area contributed by atoms with E-state index in [1.807, 2.05) is 0 Å². The normalized spacial score (nSPS) is 39.1. The zero-order chi connectivity index (χ0) is 12.4. The molecule has 2 fully saturated rings. The number of nitrogens with zero attached hydrogens (tertiary/aromatic N) is 1. The zero-order valence-corrected chi connectivity index (χ0v) is 11.4. The molecule has 2 aliphatic heterocycles. The Hall–Kier alpha value is -0.570. The van der Waals surface area contributed by atoms with E-state index in [-0.39, 0.29) is 6.04 Å². The summed E-state index contributed by atoms with van der Waals surface area (Å²) >= 11 is 0. The Morgan fingerprint density at radius 1 is 1.12 bits per heavy atom. The van der Waals surface area contributed by atoms with Crippen molar-refractivity contribution in [2.24, 2.45) is 5.92 Å². The van der Waals surface area contributed by atoms with E-state index >= 15 is 0 Å². The first-order valence-electron chi connectivity index (χ1n) is 7.15. The van der Waals surface area contributed by atoms with Gasteiger partial charge in [-0.1, -0.05) is 6.92 Å². The lowest BCUT2D eigenvalue weighted by atomic mass is 9.91. The molecule has 17 heavy (non-hydrogen) atoms. The fourth-order valence-electron chi connectivity index (χ4n) is 3.33. The number of amides is 1. The summed E-state index contributed by atoms with van der Waals surface area (Å²) in [5, 5.41) is 3.40. The van der Waals surface area contributed by atoms with Gasteiger partial charge in [-0.15, -0.1) is 0 Å². The number of rotatable bonds is 1. The van der Waals surface area contributed by atoms with Crippen molar-refractivity contribution in [1.29, 1.82) is 0 Å². The van der Waals surface area contributed by atoms with Gasteiger partial charge in [-0.3, -0.25) is 4.79 Å². The summed E-state index contributed by atoms with van der Waals surface area (Å²) in [6.45, 7) is 7.64. The van der Waals surface area contributed by atoms with Crippen LogP contribution in [0.1, 0.15) is 52.9 Å². The maximum Gasteiger partial charge on any atom is 0.240 e. The largest absolute Gasteiger partial charge is 0.336 e. The van der Waals surface area contributed by atoms with Gasteiger partial charge in [-0.2, -0.15) is 0 Å². The molecule has 0 aromatic rings. The molecule has 3 nitrogen and oxygen atoms in total. The average molecular weight is 238 g/mol. The monoisotopic (exact) mass is 238 g/mol. The third kappa shape index (κ3) is 2.82. The first kappa shape index (κ1) is 12.9. The second-order valence-electron chi connectivity index (χ2n) is 6.01.